The lowest BCUT2D eigenvalue weighted by Crippen LogP contribution is -1.95. The molecule has 0 radical (unpaired) electrons. The molecule has 0 N–H and O–H groups in total. The van der Waals surface area contributed by atoms with Gasteiger partial charge in [-0.05, 0) is 13.0 Å². The van der Waals surface area contributed by atoms with Gasteiger partial charge in [-0.15, -0.1) is 10.2 Å². The van der Waals surface area contributed by atoms with Gasteiger partial charge in [0.2, 0.25) is 5.78 Å². The molecule has 0 fully saturated rings. The predicted octanol–water partition coefficient (Wildman–Crippen LogP) is 3.13. The summed E-state index contributed by atoms with van der Waals surface area (Å²) in [5, 5.41) is 9.51. The summed E-state index contributed by atoms with van der Waals surface area (Å²) in [7, 11) is 1.99. The van der Waals surface area contributed by atoms with E-state index >= 15 is 0 Å². The maximum atomic E-state index is 4.51. The minimum atomic E-state index is 0.714. The van der Waals surface area contributed by atoms with Crippen molar-refractivity contribution < 1.29 is 0 Å². The average molecular weight is 336 g/mol. The average Bonchev–Trinajstić information content (AvgIpc) is 3.17. The third-order valence-electron chi connectivity index (χ3n) is 3.78. The Kier molecular flexibility index (Phi) is 3.78. The second-order valence-electron chi connectivity index (χ2n) is 5.58. The molecule has 6 nitrogen and oxygen atoms in total. The molecule has 7 heteroatoms. The van der Waals surface area contributed by atoms with Crippen molar-refractivity contribution >= 4 is 17.5 Å². The van der Waals surface area contributed by atoms with E-state index in [1.54, 1.807) is 18.0 Å². The number of thioether (sulfide) groups is 1. The van der Waals surface area contributed by atoms with Crippen LogP contribution in [0.5, 0.6) is 0 Å². The van der Waals surface area contributed by atoms with Crippen molar-refractivity contribution in [3.8, 4) is 11.4 Å². The van der Waals surface area contributed by atoms with Crippen molar-refractivity contribution in [2.24, 2.45) is 7.05 Å². The van der Waals surface area contributed by atoms with Gasteiger partial charge in [0, 0.05) is 37.0 Å². The first-order valence-corrected chi connectivity index (χ1v) is 8.57. The fourth-order valence-electron chi connectivity index (χ4n) is 2.48. The van der Waals surface area contributed by atoms with Crippen LogP contribution in [0.2, 0.25) is 0 Å². The molecule has 0 aliphatic heterocycles. The van der Waals surface area contributed by atoms with Crippen LogP contribution in [0.4, 0.5) is 0 Å². The van der Waals surface area contributed by atoms with Gasteiger partial charge in [0.25, 0.3) is 0 Å². The van der Waals surface area contributed by atoms with Gasteiger partial charge in [0.15, 0.2) is 11.0 Å². The van der Waals surface area contributed by atoms with Crippen LogP contribution in [0.3, 0.4) is 0 Å². The summed E-state index contributed by atoms with van der Waals surface area (Å²) < 4.78 is 3.94. The summed E-state index contributed by atoms with van der Waals surface area (Å²) in [6.07, 6.45) is 5.68. The molecule has 0 aliphatic carbocycles. The van der Waals surface area contributed by atoms with Gasteiger partial charge in [0.1, 0.15) is 0 Å². The first-order valence-electron chi connectivity index (χ1n) is 7.58. The monoisotopic (exact) mass is 336 g/mol. The lowest BCUT2D eigenvalue weighted by atomic mass is 10.1. The molecule has 3 aromatic heterocycles. The van der Waals surface area contributed by atoms with Crippen LogP contribution in [-0.2, 0) is 12.8 Å². The van der Waals surface area contributed by atoms with Crippen molar-refractivity contribution in [1.82, 2.24) is 29.1 Å². The number of benzene rings is 1. The molecule has 0 unspecified atom stereocenters. The summed E-state index contributed by atoms with van der Waals surface area (Å²) in [6, 6.07) is 10.2. The zero-order valence-corrected chi connectivity index (χ0v) is 14.2. The Hall–Kier alpha value is -2.67. The predicted molar refractivity (Wildman–Crippen MR) is 93.7 cm³/mol. The van der Waals surface area contributed by atoms with Crippen LogP contribution in [0, 0.1) is 6.92 Å². The SMILES string of the molecule is Cc1ccc(-c2nnc(SCc3cn4cccnc4n3)n2C)cc1. The Morgan fingerprint density at radius 1 is 1.12 bits per heavy atom. The Balaban J connectivity index is 1.54. The van der Waals surface area contributed by atoms with Crippen molar-refractivity contribution in [3.05, 3.63) is 60.2 Å². The van der Waals surface area contributed by atoms with Gasteiger partial charge in [-0.1, -0.05) is 41.6 Å². The molecule has 0 aliphatic rings. The fraction of sp³-hybridized carbons (Fsp3) is 0.176. The number of imidazole rings is 1. The summed E-state index contributed by atoms with van der Waals surface area (Å²) in [4.78, 5) is 8.74. The Bertz CT molecular complexity index is 953. The lowest BCUT2D eigenvalue weighted by Gasteiger charge is -2.03. The molecule has 0 atom stereocenters. The van der Waals surface area contributed by atoms with Crippen molar-refractivity contribution in [1.29, 1.82) is 0 Å². The van der Waals surface area contributed by atoms with Crippen LogP contribution >= 0.6 is 11.8 Å². The summed E-state index contributed by atoms with van der Waals surface area (Å²) in [6.45, 7) is 2.07. The molecule has 3 heterocycles. The molecule has 0 amide bonds. The minimum Gasteiger partial charge on any atom is -0.305 e. The van der Waals surface area contributed by atoms with Gasteiger partial charge in [-0.2, -0.15) is 0 Å². The largest absolute Gasteiger partial charge is 0.305 e. The van der Waals surface area contributed by atoms with Crippen LogP contribution in [0.15, 0.2) is 54.1 Å². The van der Waals surface area contributed by atoms with Crippen LogP contribution in [0.25, 0.3) is 17.2 Å². The first kappa shape index (κ1) is 14.9. The third kappa shape index (κ3) is 2.78. The number of aryl methyl sites for hydroxylation is 1. The Morgan fingerprint density at radius 2 is 1.96 bits per heavy atom. The highest BCUT2D eigenvalue weighted by Crippen LogP contribution is 2.25. The number of rotatable bonds is 4. The zero-order valence-electron chi connectivity index (χ0n) is 13.4. The van der Waals surface area contributed by atoms with Gasteiger partial charge in [0.05, 0.1) is 5.69 Å². The van der Waals surface area contributed by atoms with Crippen LogP contribution in [0.1, 0.15) is 11.3 Å². The van der Waals surface area contributed by atoms with Crippen molar-refractivity contribution in [3.63, 3.8) is 0 Å². The smallest absolute Gasteiger partial charge is 0.233 e. The zero-order chi connectivity index (χ0) is 16.5. The number of hydrogen-bond acceptors (Lipinski definition) is 5. The number of aromatic nitrogens is 6. The van der Waals surface area contributed by atoms with Gasteiger partial charge < -0.3 is 4.57 Å². The molecule has 120 valence electrons. The van der Waals surface area contributed by atoms with E-state index in [1.807, 2.05) is 34.5 Å². The maximum Gasteiger partial charge on any atom is 0.233 e. The topological polar surface area (TPSA) is 60.9 Å². The molecule has 4 aromatic rings. The highest BCUT2D eigenvalue weighted by molar-refractivity contribution is 7.98. The number of fused-ring (bicyclic) bond motifs is 1. The van der Waals surface area contributed by atoms with Crippen molar-refractivity contribution in [2.75, 3.05) is 0 Å². The van der Waals surface area contributed by atoms with Crippen molar-refractivity contribution in [2.45, 2.75) is 17.8 Å². The molecule has 4 rings (SSSR count). The highest BCUT2D eigenvalue weighted by atomic mass is 32.2. The second kappa shape index (κ2) is 6.09. The van der Waals surface area contributed by atoms with E-state index in [9.17, 15) is 0 Å². The van der Waals surface area contributed by atoms with Crippen LogP contribution < -0.4 is 0 Å². The summed E-state index contributed by atoms with van der Waals surface area (Å²) in [5.74, 6) is 2.31. The highest BCUT2D eigenvalue weighted by Gasteiger charge is 2.12. The maximum absolute atomic E-state index is 4.51. The molecule has 1 aromatic carbocycles. The molecule has 24 heavy (non-hydrogen) atoms. The van der Waals surface area contributed by atoms with Gasteiger partial charge in [-0.25, -0.2) is 9.97 Å². The Morgan fingerprint density at radius 3 is 2.75 bits per heavy atom. The normalized spacial score (nSPS) is 11.2. The molecular weight excluding hydrogens is 320 g/mol. The second-order valence-corrected chi connectivity index (χ2v) is 6.52. The number of hydrogen-bond donors (Lipinski definition) is 0. The van der Waals surface area contributed by atoms with Crippen LogP contribution in [-0.4, -0.2) is 29.1 Å². The van der Waals surface area contributed by atoms with E-state index < -0.39 is 0 Å². The molecule has 0 bridgehead atoms. The summed E-state index contributed by atoms with van der Waals surface area (Å²) in [5.41, 5.74) is 3.27. The first-order chi connectivity index (χ1) is 11.7. The van der Waals surface area contributed by atoms with E-state index in [0.717, 1.165) is 28.0 Å². The quantitative estimate of drug-likeness (QED) is 0.536. The molecular formula is C17H16N6S. The number of nitrogens with zero attached hydrogens (tertiary/aromatic N) is 6. The molecule has 0 spiro atoms. The van der Waals surface area contributed by atoms with Gasteiger partial charge in [-0.3, -0.25) is 4.40 Å². The van der Waals surface area contributed by atoms with Gasteiger partial charge >= 0.3 is 0 Å². The lowest BCUT2D eigenvalue weighted by molar-refractivity contribution is 0.793. The fourth-order valence-corrected chi connectivity index (χ4v) is 3.28. The standard InChI is InChI=1S/C17H16N6S/c1-12-4-6-13(7-5-12)15-20-21-17(22(15)2)24-11-14-10-23-9-3-8-18-16(23)19-14/h3-10H,11H2,1-2H3. The van der Waals surface area contributed by atoms with E-state index in [1.165, 1.54) is 5.56 Å². The van der Waals surface area contributed by atoms with E-state index in [4.69, 9.17) is 0 Å². The van der Waals surface area contributed by atoms with E-state index in [-0.39, 0.29) is 0 Å². The molecule has 0 saturated carbocycles. The van der Waals surface area contributed by atoms with E-state index in [0.29, 0.717) is 5.78 Å². The minimum absolute atomic E-state index is 0.714. The molecule has 0 saturated heterocycles. The summed E-state index contributed by atoms with van der Waals surface area (Å²) >= 11 is 1.62. The Labute approximate surface area is 143 Å². The van der Waals surface area contributed by atoms with E-state index in [2.05, 4.69) is 51.4 Å². The third-order valence-corrected chi connectivity index (χ3v) is 4.83.